The Hall–Kier alpha value is -0.960. The molecule has 0 saturated heterocycles. The summed E-state index contributed by atoms with van der Waals surface area (Å²) in [7, 11) is 0. The maximum Gasteiger partial charge on any atom is 0.162 e. The van der Waals surface area contributed by atoms with Gasteiger partial charge in [-0.05, 0) is 49.3 Å². The van der Waals surface area contributed by atoms with Crippen molar-refractivity contribution in [1.29, 1.82) is 0 Å². The van der Waals surface area contributed by atoms with E-state index in [9.17, 15) is 8.78 Å². The van der Waals surface area contributed by atoms with Crippen LogP contribution in [0.3, 0.4) is 0 Å². The summed E-state index contributed by atoms with van der Waals surface area (Å²) in [6, 6.07) is 3.85. The molecule has 1 aromatic rings. The Morgan fingerprint density at radius 3 is 2.72 bits per heavy atom. The Morgan fingerprint density at radius 1 is 1.33 bits per heavy atom. The quantitative estimate of drug-likeness (QED) is 0.866. The zero-order valence-electron chi connectivity index (χ0n) is 11.3. The van der Waals surface area contributed by atoms with Crippen LogP contribution in [0.4, 0.5) is 8.78 Å². The summed E-state index contributed by atoms with van der Waals surface area (Å²) >= 11 is 0. The average molecular weight is 253 g/mol. The highest BCUT2D eigenvalue weighted by Gasteiger charge is 2.38. The minimum absolute atomic E-state index is 0.245. The van der Waals surface area contributed by atoms with Gasteiger partial charge in [0, 0.05) is 6.04 Å². The van der Waals surface area contributed by atoms with Crippen molar-refractivity contribution in [3.8, 4) is 0 Å². The molecule has 0 bridgehead atoms. The van der Waals surface area contributed by atoms with E-state index in [0.717, 1.165) is 25.8 Å². The number of nitrogens with one attached hydrogen (secondary N) is 1. The van der Waals surface area contributed by atoms with Crippen LogP contribution in [0, 0.1) is 18.6 Å². The van der Waals surface area contributed by atoms with Crippen LogP contribution in [0.5, 0.6) is 0 Å². The zero-order chi connectivity index (χ0) is 13.3. The first-order valence-corrected chi connectivity index (χ1v) is 6.66. The number of hydrogen-bond acceptors (Lipinski definition) is 1. The fourth-order valence-corrected chi connectivity index (χ4v) is 3.06. The van der Waals surface area contributed by atoms with E-state index in [1.165, 1.54) is 0 Å². The lowest BCUT2D eigenvalue weighted by atomic mass is 9.80. The first-order chi connectivity index (χ1) is 8.48. The zero-order valence-corrected chi connectivity index (χ0v) is 11.3. The van der Waals surface area contributed by atoms with E-state index in [4.69, 9.17) is 0 Å². The molecular formula is C15H21F2N. The van der Waals surface area contributed by atoms with Crippen LogP contribution in [0.2, 0.25) is 0 Å². The van der Waals surface area contributed by atoms with E-state index in [1.54, 1.807) is 19.1 Å². The summed E-state index contributed by atoms with van der Waals surface area (Å²) in [5, 5.41) is 3.40. The molecular weight excluding hydrogens is 232 g/mol. The highest BCUT2D eigenvalue weighted by atomic mass is 19.2. The largest absolute Gasteiger partial charge is 0.314 e. The number of halogens is 2. The maximum atomic E-state index is 14.1. The van der Waals surface area contributed by atoms with Crippen LogP contribution in [-0.2, 0) is 5.41 Å². The molecule has 1 fully saturated rings. The molecule has 0 spiro atoms. The van der Waals surface area contributed by atoms with E-state index in [0.29, 0.717) is 17.2 Å². The van der Waals surface area contributed by atoms with Gasteiger partial charge in [0.1, 0.15) is 0 Å². The van der Waals surface area contributed by atoms with E-state index in [-0.39, 0.29) is 5.41 Å². The molecule has 0 heterocycles. The van der Waals surface area contributed by atoms with Crippen molar-refractivity contribution in [2.45, 2.75) is 51.5 Å². The highest BCUT2D eigenvalue weighted by Crippen LogP contribution is 2.42. The van der Waals surface area contributed by atoms with Crippen LogP contribution in [0.1, 0.15) is 44.2 Å². The fraction of sp³-hybridized carbons (Fsp3) is 0.600. The van der Waals surface area contributed by atoms with Gasteiger partial charge in [0.2, 0.25) is 0 Å². The first kappa shape index (κ1) is 13.5. The fourth-order valence-electron chi connectivity index (χ4n) is 3.06. The van der Waals surface area contributed by atoms with Crippen LogP contribution in [0.25, 0.3) is 0 Å². The van der Waals surface area contributed by atoms with Gasteiger partial charge >= 0.3 is 0 Å². The van der Waals surface area contributed by atoms with Crippen molar-refractivity contribution in [2.24, 2.45) is 0 Å². The number of aryl methyl sites for hydroxylation is 1. The summed E-state index contributed by atoms with van der Waals surface area (Å²) < 4.78 is 27.7. The van der Waals surface area contributed by atoms with Crippen molar-refractivity contribution >= 4 is 0 Å². The predicted molar refractivity (Wildman–Crippen MR) is 69.8 cm³/mol. The monoisotopic (exact) mass is 253 g/mol. The molecule has 3 heteroatoms. The molecule has 1 nitrogen and oxygen atoms in total. The Kier molecular flexibility index (Phi) is 3.71. The maximum absolute atomic E-state index is 14.1. The van der Waals surface area contributed by atoms with Crippen molar-refractivity contribution < 1.29 is 8.78 Å². The van der Waals surface area contributed by atoms with Crippen molar-refractivity contribution in [3.05, 3.63) is 34.9 Å². The molecule has 1 aliphatic rings. The van der Waals surface area contributed by atoms with Gasteiger partial charge in [0.25, 0.3) is 0 Å². The molecule has 100 valence electrons. The lowest BCUT2D eigenvalue weighted by Crippen LogP contribution is -2.29. The number of rotatable bonds is 3. The third-order valence-corrected chi connectivity index (χ3v) is 4.16. The molecule has 0 amide bonds. The normalized spacial score (nSPS) is 27.7. The van der Waals surface area contributed by atoms with Gasteiger partial charge < -0.3 is 5.32 Å². The van der Waals surface area contributed by atoms with Crippen molar-refractivity contribution in [2.75, 3.05) is 6.54 Å². The average Bonchev–Trinajstić information content (AvgIpc) is 2.69. The van der Waals surface area contributed by atoms with Crippen LogP contribution < -0.4 is 5.32 Å². The Bertz CT molecular complexity index is 444. The Labute approximate surface area is 108 Å². The van der Waals surface area contributed by atoms with Crippen molar-refractivity contribution in [3.63, 3.8) is 0 Å². The van der Waals surface area contributed by atoms with Gasteiger partial charge in [-0.3, -0.25) is 0 Å². The molecule has 18 heavy (non-hydrogen) atoms. The van der Waals surface area contributed by atoms with Gasteiger partial charge in [0.15, 0.2) is 11.6 Å². The van der Waals surface area contributed by atoms with Crippen LogP contribution in [-0.4, -0.2) is 12.6 Å². The summed E-state index contributed by atoms with van der Waals surface area (Å²) in [6.07, 6.45) is 2.81. The van der Waals surface area contributed by atoms with E-state index in [2.05, 4.69) is 12.2 Å². The SMILES string of the molecule is CCNC1CCC(C)(c2ccc(C)c(F)c2F)C1. The predicted octanol–water partition coefficient (Wildman–Crippen LogP) is 3.69. The minimum atomic E-state index is -0.694. The summed E-state index contributed by atoms with van der Waals surface area (Å²) in [5.41, 5.74) is 0.665. The van der Waals surface area contributed by atoms with Gasteiger partial charge in [-0.25, -0.2) is 8.78 Å². The Morgan fingerprint density at radius 2 is 2.06 bits per heavy atom. The molecule has 2 atom stereocenters. The number of benzene rings is 1. The first-order valence-electron chi connectivity index (χ1n) is 6.66. The van der Waals surface area contributed by atoms with Crippen molar-refractivity contribution in [1.82, 2.24) is 5.32 Å². The summed E-state index contributed by atoms with van der Waals surface area (Å²) in [6.45, 7) is 6.63. The second kappa shape index (κ2) is 4.96. The van der Waals surface area contributed by atoms with Gasteiger partial charge in [-0.15, -0.1) is 0 Å². The van der Waals surface area contributed by atoms with E-state index < -0.39 is 11.6 Å². The molecule has 1 N–H and O–H groups in total. The molecule has 1 aliphatic carbocycles. The second-order valence-electron chi connectivity index (χ2n) is 5.62. The van der Waals surface area contributed by atoms with Crippen LogP contribution >= 0.6 is 0 Å². The second-order valence-corrected chi connectivity index (χ2v) is 5.62. The third kappa shape index (κ3) is 2.28. The lowest BCUT2D eigenvalue weighted by Gasteiger charge is -2.26. The van der Waals surface area contributed by atoms with E-state index in [1.807, 2.05) is 6.92 Å². The topological polar surface area (TPSA) is 12.0 Å². The number of hydrogen-bond donors (Lipinski definition) is 1. The smallest absolute Gasteiger partial charge is 0.162 e. The molecule has 1 aromatic carbocycles. The highest BCUT2D eigenvalue weighted by molar-refractivity contribution is 5.32. The summed E-state index contributed by atoms with van der Waals surface area (Å²) in [5.74, 6) is -1.35. The lowest BCUT2D eigenvalue weighted by molar-refractivity contribution is 0.414. The van der Waals surface area contributed by atoms with Gasteiger partial charge in [-0.2, -0.15) is 0 Å². The molecule has 0 aliphatic heterocycles. The molecule has 0 aromatic heterocycles. The molecule has 2 unspecified atom stereocenters. The van der Waals surface area contributed by atoms with Crippen LogP contribution in [0.15, 0.2) is 12.1 Å². The van der Waals surface area contributed by atoms with E-state index >= 15 is 0 Å². The third-order valence-electron chi connectivity index (χ3n) is 4.16. The Balaban J connectivity index is 2.29. The molecule has 2 rings (SSSR count). The molecule has 1 saturated carbocycles. The van der Waals surface area contributed by atoms with Gasteiger partial charge in [0.05, 0.1) is 0 Å². The minimum Gasteiger partial charge on any atom is -0.314 e. The van der Waals surface area contributed by atoms with Gasteiger partial charge in [-0.1, -0.05) is 26.0 Å². The standard InChI is InChI=1S/C15H21F2N/c1-4-18-11-7-8-15(3,9-11)12-6-5-10(2)13(16)14(12)17/h5-6,11,18H,4,7-9H2,1-3H3. The summed E-state index contributed by atoms with van der Waals surface area (Å²) in [4.78, 5) is 0. The molecule has 0 radical (unpaired) electrons.